The third-order valence-corrected chi connectivity index (χ3v) is 3.38. The third-order valence-electron chi connectivity index (χ3n) is 2.82. The highest BCUT2D eigenvalue weighted by Crippen LogP contribution is 2.27. The van der Waals surface area contributed by atoms with Gasteiger partial charge in [0.05, 0.1) is 0 Å². The molecule has 1 N–H and O–H groups in total. The summed E-state index contributed by atoms with van der Waals surface area (Å²) in [5.41, 5.74) is 2.35. The Balaban J connectivity index is 2.64. The standard InChI is InChI=1S/C17H18N2O3S/c1-4-5-6-7-16(21)22-10-15(20)19-17-12(2)8-14(23-11-18)9-13(17)3/h4-9H,10H2,1-3H3,(H,19,20)/b5-4+,7-6+. The Kier molecular flexibility index (Phi) is 7.64. The van der Waals surface area contributed by atoms with Crippen LogP contribution >= 0.6 is 11.8 Å². The number of anilines is 1. The van der Waals surface area contributed by atoms with E-state index in [1.165, 1.54) is 6.08 Å². The Morgan fingerprint density at radius 1 is 1.30 bits per heavy atom. The van der Waals surface area contributed by atoms with Crippen LogP contribution in [-0.4, -0.2) is 18.5 Å². The number of nitrogens with one attached hydrogen (secondary N) is 1. The van der Waals surface area contributed by atoms with Crippen molar-refractivity contribution >= 4 is 29.3 Å². The van der Waals surface area contributed by atoms with Gasteiger partial charge in [0.25, 0.3) is 5.91 Å². The van der Waals surface area contributed by atoms with Gasteiger partial charge in [0, 0.05) is 16.7 Å². The molecular weight excluding hydrogens is 312 g/mol. The molecule has 0 spiro atoms. The van der Waals surface area contributed by atoms with Crippen LogP contribution in [0.3, 0.4) is 0 Å². The van der Waals surface area contributed by atoms with Crippen LogP contribution in [0.25, 0.3) is 0 Å². The second-order valence-electron chi connectivity index (χ2n) is 4.67. The van der Waals surface area contributed by atoms with Crippen LogP contribution in [0.2, 0.25) is 0 Å². The first-order valence-corrected chi connectivity index (χ1v) is 7.72. The van der Waals surface area contributed by atoms with Gasteiger partial charge < -0.3 is 10.1 Å². The molecule has 0 unspecified atom stereocenters. The molecule has 120 valence electrons. The highest BCUT2D eigenvalue weighted by molar-refractivity contribution is 8.03. The number of nitriles is 1. The van der Waals surface area contributed by atoms with Crippen LogP contribution in [0.4, 0.5) is 5.69 Å². The minimum absolute atomic E-state index is 0.355. The van der Waals surface area contributed by atoms with Crippen LogP contribution in [0.5, 0.6) is 0 Å². The van der Waals surface area contributed by atoms with Gasteiger partial charge >= 0.3 is 5.97 Å². The molecule has 1 aromatic carbocycles. The van der Waals surface area contributed by atoms with Gasteiger partial charge in [-0.25, -0.2) is 4.79 Å². The molecule has 0 heterocycles. The number of aryl methyl sites for hydroxylation is 2. The summed E-state index contributed by atoms with van der Waals surface area (Å²) in [5, 5.41) is 13.4. The zero-order valence-electron chi connectivity index (χ0n) is 13.3. The molecule has 6 heteroatoms. The molecule has 0 aliphatic heterocycles. The molecule has 1 rings (SSSR count). The molecule has 0 aliphatic rings. The summed E-state index contributed by atoms with van der Waals surface area (Å²) in [6.07, 6.45) is 6.25. The van der Waals surface area contributed by atoms with Crippen molar-refractivity contribution in [3.63, 3.8) is 0 Å². The summed E-state index contributed by atoms with van der Waals surface area (Å²) in [5.74, 6) is -0.989. The zero-order valence-corrected chi connectivity index (χ0v) is 14.1. The number of carbonyl (C=O) groups is 2. The molecule has 0 saturated carbocycles. The fourth-order valence-electron chi connectivity index (χ4n) is 1.84. The number of esters is 1. The van der Waals surface area contributed by atoms with Crippen molar-refractivity contribution < 1.29 is 14.3 Å². The molecule has 23 heavy (non-hydrogen) atoms. The smallest absolute Gasteiger partial charge is 0.331 e. The number of thioether (sulfide) groups is 1. The van der Waals surface area contributed by atoms with E-state index in [2.05, 4.69) is 5.32 Å². The van der Waals surface area contributed by atoms with E-state index in [4.69, 9.17) is 10.00 Å². The number of rotatable bonds is 6. The summed E-state index contributed by atoms with van der Waals surface area (Å²) in [6.45, 7) is 5.16. The van der Waals surface area contributed by atoms with E-state index in [-0.39, 0.29) is 6.61 Å². The third kappa shape index (κ3) is 6.41. The van der Waals surface area contributed by atoms with Gasteiger partial charge in [0.1, 0.15) is 5.40 Å². The van der Waals surface area contributed by atoms with Gasteiger partial charge in [0.15, 0.2) is 6.61 Å². The molecule has 0 bridgehead atoms. The number of thiocyanates is 1. The van der Waals surface area contributed by atoms with E-state index in [9.17, 15) is 9.59 Å². The predicted molar refractivity (Wildman–Crippen MR) is 90.9 cm³/mol. The number of hydrogen-bond donors (Lipinski definition) is 1. The summed E-state index contributed by atoms with van der Waals surface area (Å²) in [6, 6.07) is 3.64. The lowest BCUT2D eigenvalue weighted by molar-refractivity contribution is -0.142. The van der Waals surface area contributed by atoms with Crippen LogP contribution in [0.1, 0.15) is 18.1 Å². The van der Waals surface area contributed by atoms with Crippen molar-refractivity contribution in [3.05, 3.63) is 47.6 Å². The monoisotopic (exact) mass is 330 g/mol. The molecule has 1 amide bonds. The Hall–Kier alpha value is -2.52. The predicted octanol–water partition coefficient (Wildman–Crippen LogP) is 3.49. The van der Waals surface area contributed by atoms with E-state index in [1.54, 1.807) is 18.2 Å². The number of carbonyl (C=O) groups excluding carboxylic acids is 2. The molecule has 0 aliphatic carbocycles. The van der Waals surface area contributed by atoms with Crippen molar-refractivity contribution in [2.24, 2.45) is 0 Å². The lowest BCUT2D eigenvalue weighted by Crippen LogP contribution is -2.21. The van der Waals surface area contributed by atoms with Crippen molar-refractivity contribution in [2.45, 2.75) is 25.7 Å². The molecule has 0 radical (unpaired) electrons. The van der Waals surface area contributed by atoms with Crippen molar-refractivity contribution in [1.82, 2.24) is 0 Å². The lowest BCUT2D eigenvalue weighted by atomic mass is 10.1. The van der Waals surface area contributed by atoms with Gasteiger partial charge in [-0.1, -0.05) is 18.2 Å². The Morgan fingerprint density at radius 2 is 1.96 bits per heavy atom. The van der Waals surface area contributed by atoms with Gasteiger partial charge in [0.2, 0.25) is 0 Å². The zero-order chi connectivity index (χ0) is 17.2. The second-order valence-corrected chi connectivity index (χ2v) is 5.52. The highest BCUT2D eigenvalue weighted by atomic mass is 32.2. The number of hydrogen-bond acceptors (Lipinski definition) is 5. The molecule has 1 aromatic rings. The van der Waals surface area contributed by atoms with Gasteiger partial charge in [-0.2, -0.15) is 5.26 Å². The van der Waals surface area contributed by atoms with Gasteiger partial charge in [-0.15, -0.1) is 0 Å². The molecule has 0 atom stereocenters. The summed E-state index contributed by atoms with van der Waals surface area (Å²) in [7, 11) is 0. The maximum atomic E-state index is 11.9. The van der Waals surface area contributed by atoms with Gasteiger partial charge in [-0.05, 0) is 55.8 Å². The minimum Gasteiger partial charge on any atom is -0.452 e. The van der Waals surface area contributed by atoms with E-state index in [0.29, 0.717) is 5.69 Å². The highest BCUT2D eigenvalue weighted by Gasteiger charge is 2.11. The Labute approximate surface area is 140 Å². The van der Waals surface area contributed by atoms with Crippen molar-refractivity contribution in [1.29, 1.82) is 5.26 Å². The molecule has 0 aromatic heterocycles. The van der Waals surface area contributed by atoms with Crippen LogP contribution in [0.15, 0.2) is 41.3 Å². The lowest BCUT2D eigenvalue weighted by Gasteiger charge is -2.12. The molecular formula is C17H18N2O3S. The Morgan fingerprint density at radius 3 is 2.52 bits per heavy atom. The SMILES string of the molecule is C/C=C/C=C/C(=O)OCC(=O)Nc1c(C)cc(SC#N)cc1C. The number of nitrogens with zero attached hydrogens (tertiary/aromatic N) is 1. The van der Waals surface area contributed by atoms with E-state index >= 15 is 0 Å². The maximum Gasteiger partial charge on any atom is 0.331 e. The van der Waals surface area contributed by atoms with Crippen LogP contribution in [-0.2, 0) is 14.3 Å². The van der Waals surface area contributed by atoms with E-state index in [0.717, 1.165) is 27.8 Å². The first-order chi connectivity index (χ1) is 11.0. The quantitative estimate of drug-likeness (QED) is 0.284. The molecule has 0 fully saturated rings. The van der Waals surface area contributed by atoms with Crippen LogP contribution < -0.4 is 5.32 Å². The summed E-state index contributed by atoms with van der Waals surface area (Å²) >= 11 is 1.07. The van der Waals surface area contributed by atoms with Crippen molar-refractivity contribution in [2.75, 3.05) is 11.9 Å². The fourth-order valence-corrected chi connectivity index (χ4v) is 2.41. The maximum absolute atomic E-state index is 11.9. The van der Waals surface area contributed by atoms with E-state index in [1.807, 2.05) is 38.3 Å². The number of amides is 1. The normalized spacial score (nSPS) is 10.7. The fraction of sp³-hybridized carbons (Fsp3) is 0.235. The topological polar surface area (TPSA) is 79.2 Å². The number of ether oxygens (including phenoxy) is 1. The average molecular weight is 330 g/mol. The average Bonchev–Trinajstić information content (AvgIpc) is 2.49. The molecule has 5 nitrogen and oxygen atoms in total. The number of benzene rings is 1. The first kappa shape index (κ1) is 18.5. The summed E-state index contributed by atoms with van der Waals surface area (Å²) in [4.78, 5) is 24.1. The van der Waals surface area contributed by atoms with Crippen molar-refractivity contribution in [3.8, 4) is 5.40 Å². The van der Waals surface area contributed by atoms with E-state index < -0.39 is 11.9 Å². The second kappa shape index (κ2) is 9.49. The minimum atomic E-state index is -0.576. The van der Waals surface area contributed by atoms with Crippen LogP contribution in [0, 0.1) is 24.5 Å². The largest absolute Gasteiger partial charge is 0.452 e. The van der Waals surface area contributed by atoms with Gasteiger partial charge in [-0.3, -0.25) is 4.79 Å². The first-order valence-electron chi connectivity index (χ1n) is 6.91. The Bertz CT molecular complexity index is 665. The summed E-state index contributed by atoms with van der Waals surface area (Å²) < 4.78 is 4.85. The molecule has 0 saturated heterocycles. The number of allylic oxidation sites excluding steroid dienone is 3.